The van der Waals surface area contributed by atoms with Gasteiger partial charge < -0.3 is 4.90 Å². The normalized spacial score (nSPS) is 10.3. The van der Waals surface area contributed by atoms with Gasteiger partial charge in [0.25, 0.3) is 5.69 Å². The third-order valence-corrected chi connectivity index (χ3v) is 4.17. The number of benzene rings is 2. The molecule has 0 aliphatic heterocycles. The highest BCUT2D eigenvalue weighted by Gasteiger charge is 2.11. The summed E-state index contributed by atoms with van der Waals surface area (Å²) in [5.41, 5.74) is 0.872. The molecule has 0 saturated carbocycles. The lowest BCUT2D eigenvalue weighted by molar-refractivity contribution is -0.384. The Morgan fingerprint density at radius 3 is 2.35 bits per heavy atom. The number of hydrogen-bond acceptors (Lipinski definition) is 4. The van der Waals surface area contributed by atoms with Gasteiger partial charge in [-0.15, -0.1) is 11.8 Å². The van der Waals surface area contributed by atoms with Gasteiger partial charge in [-0.05, 0) is 29.8 Å². The summed E-state index contributed by atoms with van der Waals surface area (Å²) in [4.78, 5) is 24.6. The van der Waals surface area contributed by atoms with E-state index in [1.54, 1.807) is 36.2 Å². The van der Waals surface area contributed by atoms with Crippen molar-refractivity contribution in [2.75, 3.05) is 12.8 Å². The molecule has 7 heteroatoms. The van der Waals surface area contributed by atoms with Gasteiger partial charge in [0.15, 0.2) is 0 Å². The van der Waals surface area contributed by atoms with Crippen molar-refractivity contribution in [3.63, 3.8) is 0 Å². The summed E-state index contributed by atoms with van der Waals surface area (Å²) < 4.78 is 12.8. The number of carbonyl (C=O) groups excluding carboxylic acids is 1. The first-order chi connectivity index (χ1) is 11.0. The van der Waals surface area contributed by atoms with E-state index < -0.39 is 4.92 Å². The van der Waals surface area contributed by atoms with Gasteiger partial charge in [0.1, 0.15) is 5.82 Å². The Labute approximate surface area is 137 Å². The number of nitro groups is 1. The molecule has 0 fully saturated rings. The topological polar surface area (TPSA) is 63.5 Å². The highest BCUT2D eigenvalue weighted by molar-refractivity contribution is 8.00. The number of halogens is 1. The summed E-state index contributed by atoms with van der Waals surface area (Å²) in [7, 11) is 1.68. The number of hydrogen-bond donors (Lipinski definition) is 0. The van der Waals surface area contributed by atoms with E-state index in [0.29, 0.717) is 6.54 Å². The zero-order valence-corrected chi connectivity index (χ0v) is 13.3. The fraction of sp³-hybridized carbons (Fsp3) is 0.188. The Kier molecular flexibility index (Phi) is 5.70. The van der Waals surface area contributed by atoms with E-state index in [0.717, 1.165) is 10.5 Å². The molecular weight excluding hydrogens is 319 g/mol. The Bertz CT molecular complexity index is 689. The SMILES string of the molecule is CN(Cc1ccc(F)cc1)C(=O)CSc1ccc([N+](=O)[O-])cc1. The van der Waals surface area contributed by atoms with Crippen LogP contribution in [0.3, 0.4) is 0 Å². The zero-order valence-electron chi connectivity index (χ0n) is 12.4. The molecule has 0 radical (unpaired) electrons. The van der Waals surface area contributed by atoms with Crippen molar-refractivity contribution in [2.45, 2.75) is 11.4 Å². The third-order valence-electron chi connectivity index (χ3n) is 3.17. The number of rotatable bonds is 6. The number of amides is 1. The first kappa shape index (κ1) is 17.0. The predicted octanol–water partition coefficient (Wildman–Crippen LogP) is 3.48. The van der Waals surface area contributed by atoms with E-state index in [-0.39, 0.29) is 23.2 Å². The van der Waals surface area contributed by atoms with Gasteiger partial charge in [-0.1, -0.05) is 12.1 Å². The van der Waals surface area contributed by atoms with Gasteiger partial charge in [-0.25, -0.2) is 4.39 Å². The molecule has 0 N–H and O–H groups in total. The van der Waals surface area contributed by atoms with Crippen LogP contribution in [0.15, 0.2) is 53.4 Å². The lowest BCUT2D eigenvalue weighted by Gasteiger charge is -2.17. The summed E-state index contributed by atoms with van der Waals surface area (Å²) in [5, 5.41) is 10.6. The summed E-state index contributed by atoms with van der Waals surface area (Å²) in [6.45, 7) is 0.403. The van der Waals surface area contributed by atoms with Crippen molar-refractivity contribution < 1.29 is 14.1 Å². The van der Waals surface area contributed by atoms with E-state index in [2.05, 4.69) is 0 Å². The van der Waals surface area contributed by atoms with Gasteiger partial charge in [0.2, 0.25) is 5.91 Å². The number of non-ortho nitro benzene ring substituents is 1. The smallest absolute Gasteiger partial charge is 0.269 e. The highest BCUT2D eigenvalue weighted by Crippen LogP contribution is 2.21. The van der Waals surface area contributed by atoms with Crippen molar-refractivity contribution in [1.82, 2.24) is 4.90 Å². The van der Waals surface area contributed by atoms with Crippen molar-refractivity contribution in [3.8, 4) is 0 Å². The monoisotopic (exact) mass is 334 g/mol. The van der Waals surface area contributed by atoms with Crippen LogP contribution in [0.4, 0.5) is 10.1 Å². The second-order valence-corrected chi connectivity index (χ2v) is 5.96. The molecule has 0 heterocycles. The quantitative estimate of drug-likeness (QED) is 0.461. The first-order valence-corrected chi connectivity index (χ1v) is 7.80. The maximum Gasteiger partial charge on any atom is 0.269 e. The zero-order chi connectivity index (χ0) is 16.8. The van der Waals surface area contributed by atoms with E-state index in [4.69, 9.17) is 0 Å². The molecule has 0 saturated heterocycles. The van der Waals surface area contributed by atoms with E-state index >= 15 is 0 Å². The maximum atomic E-state index is 12.8. The van der Waals surface area contributed by atoms with Crippen molar-refractivity contribution in [3.05, 3.63) is 70.0 Å². The Morgan fingerprint density at radius 2 is 1.78 bits per heavy atom. The molecule has 0 unspecified atom stereocenters. The summed E-state index contributed by atoms with van der Waals surface area (Å²) in [6.07, 6.45) is 0. The second kappa shape index (κ2) is 7.73. The number of nitrogens with zero attached hydrogens (tertiary/aromatic N) is 2. The van der Waals surface area contributed by atoms with E-state index in [1.165, 1.54) is 36.0 Å². The summed E-state index contributed by atoms with van der Waals surface area (Å²) >= 11 is 1.32. The predicted molar refractivity (Wildman–Crippen MR) is 86.7 cm³/mol. The Hall–Kier alpha value is -2.41. The molecule has 0 aliphatic carbocycles. The van der Waals surface area contributed by atoms with Crippen LogP contribution in [-0.2, 0) is 11.3 Å². The van der Waals surface area contributed by atoms with Crippen LogP contribution in [0.5, 0.6) is 0 Å². The molecular formula is C16H15FN2O3S. The van der Waals surface area contributed by atoms with Gasteiger partial charge in [-0.3, -0.25) is 14.9 Å². The lowest BCUT2D eigenvalue weighted by Crippen LogP contribution is -2.27. The average molecular weight is 334 g/mol. The van der Waals surface area contributed by atoms with Crippen LogP contribution in [0, 0.1) is 15.9 Å². The van der Waals surface area contributed by atoms with Gasteiger partial charge in [0, 0.05) is 30.6 Å². The molecule has 0 aromatic heterocycles. The summed E-state index contributed by atoms with van der Waals surface area (Å²) in [6, 6.07) is 12.1. The average Bonchev–Trinajstić information content (AvgIpc) is 2.55. The minimum absolute atomic E-state index is 0.0223. The maximum absolute atomic E-state index is 12.8. The van der Waals surface area contributed by atoms with Crippen LogP contribution in [0.2, 0.25) is 0 Å². The molecule has 0 aliphatic rings. The minimum Gasteiger partial charge on any atom is -0.341 e. The number of nitro benzene ring substituents is 1. The van der Waals surface area contributed by atoms with Gasteiger partial charge in [0.05, 0.1) is 10.7 Å². The van der Waals surface area contributed by atoms with Gasteiger partial charge in [-0.2, -0.15) is 0 Å². The fourth-order valence-electron chi connectivity index (χ4n) is 1.87. The molecule has 1 amide bonds. The number of thioether (sulfide) groups is 1. The molecule has 0 bridgehead atoms. The molecule has 2 aromatic rings. The molecule has 120 valence electrons. The molecule has 0 spiro atoms. The van der Waals surface area contributed by atoms with Crippen LogP contribution < -0.4 is 0 Å². The second-order valence-electron chi connectivity index (χ2n) is 4.92. The molecule has 2 rings (SSSR count). The Morgan fingerprint density at radius 1 is 1.17 bits per heavy atom. The van der Waals surface area contributed by atoms with E-state index in [9.17, 15) is 19.3 Å². The Balaban J connectivity index is 1.86. The summed E-state index contributed by atoms with van der Waals surface area (Å²) in [5.74, 6) is -0.149. The largest absolute Gasteiger partial charge is 0.341 e. The van der Waals surface area contributed by atoms with Crippen LogP contribution in [-0.4, -0.2) is 28.5 Å². The van der Waals surface area contributed by atoms with Crippen LogP contribution in [0.1, 0.15) is 5.56 Å². The lowest BCUT2D eigenvalue weighted by atomic mass is 10.2. The van der Waals surface area contributed by atoms with Gasteiger partial charge >= 0.3 is 0 Å². The number of carbonyl (C=O) groups is 1. The molecule has 0 atom stereocenters. The van der Waals surface area contributed by atoms with Crippen LogP contribution in [0.25, 0.3) is 0 Å². The molecule has 5 nitrogen and oxygen atoms in total. The van der Waals surface area contributed by atoms with Crippen molar-refractivity contribution >= 4 is 23.4 Å². The fourth-order valence-corrected chi connectivity index (χ4v) is 2.71. The minimum atomic E-state index is -0.462. The molecule has 2 aromatic carbocycles. The standard InChI is InChI=1S/C16H15FN2O3S/c1-18(10-12-2-4-13(17)5-3-12)16(20)11-23-15-8-6-14(7-9-15)19(21)22/h2-9H,10-11H2,1H3. The van der Waals surface area contributed by atoms with E-state index in [1.807, 2.05) is 0 Å². The highest BCUT2D eigenvalue weighted by atomic mass is 32.2. The van der Waals surface area contributed by atoms with Crippen molar-refractivity contribution in [2.24, 2.45) is 0 Å². The molecule has 23 heavy (non-hydrogen) atoms. The third kappa shape index (κ3) is 5.07. The van der Waals surface area contributed by atoms with Crippen molar-refractivity contribution in [1.29, 1.82) is 0 Å². The first-order valence-electron chi connectivity index (χ1n) is 6.81. The van der Waals surface area contributed by atoms with Crippen LogP contribution >= 0.6 is 11.8 Å².